The van der Waals surface area contributed by atoms with E-state index in [2.05, 4.69) is 9.97 Å². The van der Waals surface area contributed by atoms with Crippen LogP contribution in [0.5, 0.6) is 0 Å². The van der Waals surface area contributed by atoms with Crippen molar-refractivity contribution >= 4 is 22.7 Å². The Labute approximate surface area is 77.4 Å². The van der Waals surface area contributed by atoms with Crippen LogP contribution in [0.2, 0.25) is 0 Å². The Balaban J connectivity index is 2.27. The van der Waals surface area contributed by atoms with Crippen LogP contribution >= 0.6 is 22.7 Å². The summed E-state index contributed by atoms with van der Waals surface area (Å²) in [5.74, 6) is 0. The van der Waals surface area contributed by atoms with Crippen molar-refractivity contribution in [1.29, 1.82) is 0 Å². The molecule has 2 aromatic heterocycles. The van der Waals surface area contributed by atoms with Crippen molar-refractivity contribution in [2.24, 2.45) is 0 Å². The number of hydrogen-bond acceptors (Lipinski definition) is 5. The summed E-state index contributed by atoms with van der Waals surface area (Å²) in [4.78, 5) is 8.75. The highest BCUT2D eigenvalue weighted by molar-refractivity contribution is 7.11. The van der Waals surface area contributed by atoms with Crippen LogP contribution in [-0.4, -0.2) is 15.1 Å². The van der Waals surface area contributed by atoms with Crippen molar-refractivity contribution in [1.82, 2.24) is 9.97 Å². The number of rotatable bonds is 2. The Hall–Kier alpha value is -0.780. The number of nitrogens with zero attached hydrogens (tertiary/aromatic N) is 2. The van der Waals surface area contributed by atoms with Crippen LogP contribution in [0, 0.1) is 0 Å². The van der Waals surface area contributed by atoms with Crippen LogP contribution in [0.3, 0.4) is 0 Å². The van der Waals surface area contributed by atoms with Gasteiger partial charge in [-0.1, -0.05) is 0 Å². The Bertz CT molecular complexity index is 296. The maximum atomic E-state index is 9.69. The smallest absolute Gasteiger partial charge is 0.141 e. The highest BCUT2D eigenvalue weighted by atomic mass is 32.1. The molecule has 0 aliphatic carbocycles. The molecule has 0 amide bonds. The average molecular weight is 198 g/mol. The minimum atomic E-state index is -0.600. The number of aliphatic hydroxyl groups excluding tert-OH is 1. The molecule has 0 fully saturated rings. The molecule has 1 N–H and O–H groups in total. The fourth-order valence-corrected chi connectivity index (χ4v) is 2.17. The van der Waals surface area contributed by atoms with E-state index in [0.717, 1.165) is 9.88 Å². The Morgan fingerprint density at radius 3 is 2.92 bits per heavy atom. The lowest BCUT2D eigenvalue weighted by Gasteiger charge is -2.01. The molecule has 12 heavy (non-hydrogen) atoms. The molecule has 0 saturated heterocycles. The molecule has 5 heteroatoms. The summed E-state index contributed by atoms with van der Waals surface area (Å²) in [5, 5.41) is 12.3. The molecular formula is C7H6N2OS2. The van der Waals surface area contributed by atoms with Crippen LogP contribution < -0.4 is 0 Å². The molecule has 1 unspecified atom stereocenters. The second-order valence-corrected chi connectivity index (χ2v) is 4.02. The third-order valence-electron chi connectivity index (χ3n) is 1.41. The molecule has 0 bridgehead atoms. The van der Waals surface area contributed by atoms with Crippen molar-refractivity contribution in [3.05, 3.63) is 33.2 Å². The summed E-state index contributed by atoms with van der Waals surface area (Å²) in [6.45, 7) is 0. The first-order chi connectivity index (χ1) is 5.88. The predicted molar refractivity (Wildman–Crippen MR) is 48.3 cm³/mol. The fraction of sp³-hybridized carbons (Fsp3) is 0.143. The molecule has 0 saturated carbocycles. The summed E-state index contributed by atoms with van der Waals surface area (Å²) in [7, 11) is 0. The van der Waals surface area contributed by atoms with E-state index in [4.69, 9.17) is 0 Å². The van der Waals surface area contributed by atoms with Crippen molar-refractivity contribution in [2.75, 3.05) is 0 Å². The lowest BCUT2D eigenvalue weighted by atomic mass is 10.3. The van der Waals surface area contributed by atoms with Crippen molar-refractivity contribution in [2.45, 2.75) is 6.10 Å². The zero-order valence-corrected chi connectivity index (χ0v) is 7.68. The Morgan fingerprint density at radius 2 is 2.33 bits per heavy atom. The standard InChI is InChI=1S/C7H6N2OS2/c10-6(5-3-8-4-12-5)7-9-1-2-11-7/h1-4,6,10H. The normalized spacial score (nSPS) is 13.1. The molecule has 2 rings (SSSR count). The maximum absolute atomic E-state index is 9.69. The zero-order valence-electron chi connectivity index (χ0n) is 6.04. The third-order valence-corrected chi connectivity index (χ3v) is 3.06. The lowest BCUT2D eigenvalue weighted by Crippen LogP contribution is -1.95. The van der Waals surface area contributed by atoms with Crippen LogP contribution in [0.25, 0.3) is 0 Å². The van der Waals surface area contributed by atoms with Gasteiger partial charge in [0.2, 0.25) is 0 Å². The monoisotopic (exact) mass is 198 g/mol. The second-order valence-electron chi connectivity index (χ2n) is 2.18. The largest absolute Gasteiger partial charge is 0.380 e. The predicted octanol–water partition coefficient (Wildman–Crippen LogP) is 1.68. The van der Waals surface area contributed by atoms with E-state index in [9.17, 15) is 5.11 Å². The van der Waals surface area contributed by atoms with E-state index < -0.39 is 6.10 Å². The molecule has 3 nitrogen and oxygen atoms in total. The zero-order chi connectivity index (χ0) is 8.39. The summed E-state index contributed by atoms with van der Waals surface area (Å²) in [6.07, 6.45) is 2.75. The quantitative estimate of drug-likeness (QED) is 0.798. The topological polar surface area (TPSA) is 46.0 Å². The van der Waals surface area contributed by atoms with Crippen molar-refractivity contribution in [3.8, 4) is 0 Å². The average Bonchev–Trinajstić information content (AvgIpc) is 2.77. The molecular weight excluding hydrogens is 192 g/mol. The molecule has 2 aromatic rings. The van der Waals surface area contributed by atoms with E-state index in [1.54, 1.807) is 17.9 Å². The van der Waals surface area contributed by atoms with E-state index in [0.29, 0.717) is 0 Å². The molecule has 0 spiro atoms. The molecule has 0 aliphatic rings. The van der Waals surface area contributed by atoms with Gasteiger partial charge in [0, 0.05) is 17.8 Å². The third kappa shape index (κ3) is 1.38. The first-order valence-corrected chi connectivity index (χ1v) is 5.09. The summed E-state index contributed by atoms with van der Waals surface area (Å²) in [5.41, 5.74) is 1.70. The minimum Gasteiger partial charge on any atom is -0.380 e. The first-order valence-electron chi connectivity index (χ1n) is 3.34. The van der Waals surface area contributed by atoms with Gasteiger partial charge in [0.1, 0.15) is 11.1 Å². The Morgan fingerprint density at radius 1 is 1.42 bits per heavy atom. The molecule has 0 aromatic carbocycles. The molecule has 0 aliphatic heterocycles. The van der Waals surface area contributed by atoms with Gasteiger partial charge in [-0.2, -0.15) is 0 Å². The van der Waals surface area contributed by atoms with Gasteiger partial charge in [-0.3, -0.25) is 4.98 Å². The number of thiazole rings is 2. The van der Waals surface area contributed by atoms with Crippen LogP contribution in [0.4, 0.5) is 0 Å². The van der Waals surface area contributed by atoms with E-state index >= 15 is 0 Å². The highest BCUT2D eigenvalue weighted by Crippen LogP contribution is 2.25. The van der Waals surface area contributed by atoms with E-state index in [-0.39, 0.29) is 0 Å². The number of aromatic nitrogens is 2. The van der Waals surface area contributed by atoms with Gasteiger partial charge in [-0.15, -0.1) is 22.7 Å². The van der Waals surface area contributed by atoms with E-state index in [1.807, 2.05) is 5.38 Å². The van der Waals surface area contributed by atoms with Crippen LogP contribution in [0.15, 0.2) is 23.3 Å². The van der Waals surface area contributed by atoms with Gasteiger partial charge in [0.25, 0.3) is 0 Å². The van der Waals surface area contributed by atoms with Crippen molar-refractivity contribution in [3.63, 3.8) is 0 Å². The number of aliphatic hydroxyl groups is 1. The van der Waals surface area contributed by atoms with Crippen LogP contribution in [-0.2, 0) is 0 Å². The van der Waals surface area contributed by atoms with Gasteiger partial charge < -0.3 is 5.11 Å². The molecule has 0 radical (unpaired) electrons. The molecule has 1 atom stereocenters. The fourth-order valence-electron chi connectivity index (χ4n) is 0.852. The van der Waals surface area contributed by atoms with Gasteiger partial charge in [0.15, 0.2) is 0 Å². The highest BCUT2D eigenvalue weighted by Gasteiger charge is 2.13. The van der Waals surface area contributed by atoms with E-state index in [1.165, 1.54) is 22.7 Å². The first kappa shape index (κ1) is 7.85. The summed E-state index contributed by atoms with van der Waals surface area (Å²) < 4.78 is 0. The van der Waals surface area contributed by atoms with Gasteiger partial charge in [0.05, 0.1) is 10.4 Å². The van der Waals surface area contributed by atoms with Gasteiger partial charge in [-0.25, -0.2) is 4.98 Å². The van der Waals surface area contributed by atoms with Crippen LogP contribution in [0.1, 0.15) is 16.0 Å². The lowest BCUT2D eigenvalue weighted by molar-refractivity contribution is 0.223. The van der Waals surface area contributed by atoms with Crippen molar-refractivity contribution < 1.29 is 5.11 Å². The molecule has 2 heterocycles. The second kappa shape index (κ2) is 3.30. The summed E-state index contributed by atoms with van der Waals surface area (Å²) >= 11 is 2.88. The summed E-state index contributed by atoms with van der Waals surface area (Å²) in [6, 6.07) is 0. The maximum Gasteiger partial charge on any atom is 0.141 e. The van der Waals surface area contributed by atoms with Gasteiger partial charge >= 0.3 is 0 Å². The molecule has 62 valence electrons. The Kier molecular flexibility index (Phi) is 2.16. The minimum absolute atomic E-state index is 0.600. The SMILES string of the molecule is OC(c1cncs1)c1nccs1. The number of hydrogen-bond donors (Lipinski definition) is 1. The van der Waals surface area contributed by atoms with Gasteiger partial charge in [-0.05, 0) is 0 Å².